The van der Waals surface area contributed by atoms with Gasteiger partial charge in [-0.15, -0.1) is 0 Å². The van der Waals surface area contributed by atoms with Crippen LogP contribution < -0.4 is 5.32 Å². The molecule has 1 rings (SSSR count). The smallest absolute Gasteiger partial charge is 0.407 e. The molecule has 0 aliphatic heterocycles. The van der Waals surface area contributed by atoms with Crippen molar-refractivity contribution in [1.29, 1.82) is 0 Å². The summed E-state index contributed by atoms with van der Waals surface area (Å²) < 4.78 is 41.6. The summed E-state index contributed by atoms with van der Waals surface area (Å²) >= 11 is 3.26. The summed E-state index contributed by atoms with van der Waals surface area (Å²) in [7, 11) is -4.02. The van der Waals surface area contributed by atoms with Crippen molar-refractivity contribution in [1.82, 2.24) is 5.32 Å². The van der Waals surface area contributed by atoms with Crippen molar-refractivity contribution in [2.75, 3.05) is 12.3 Å². The fourth-order valence-corrected chi connectivity index (χ4v) is 3.67. The van der Waals surface area contributed by atoms with Gasteiger partial charge < -0.3 is 14.5 Å². The van der Waals surface area contributed by atoms with Crippen LogP contribution in [0.3, 0.4) is 0 Å². The van der Waals surface area contributed by atoms with Crippen LogP contribution in [0.15, 0.2) is 21.2 Å². The Bertz CT molecular complexity index is 661. The van der Waals surface area contributed by atoms with Crippen molar-refractivity contribution in [2.24, 2.45) is 0 Å². The van der Waals surface area contributed by atoms with Gasteiger partial charge in [-0.1, -0.05) is 51.9 Å². The number of halogens is 1. The van der Waals surface area contributed by atoms with E-state index >= 15 is 0 Å². The van der Waals surface area contributed by atoms with Gasteiger partial charge >= 0.3 is 6.09 Å². The fourth-order valence-electron chi connectivity index (χ4n) is 2.84. The maximum Gasteiger partial charge on any atom is 0.407 e. The zero-order valence-corrected chi connectivity index (χ0v) is 18.9. The van der Waals surface area contributed by atoms with Gasteiger partial charge in [0.2, 0.25) is 0 Å². The predicted molar refractivity (Wildman–Crippen MR) is 112 cm³/mol. The summed E-state index contributed by atoms with van der Waals surface area (Å²) in [6, 6.07) is 3.52. The van der Waals surface area contributed by atoms with Gasteiger partial charge in [-0.2, -0.15) is 8.42 Å². The molecule has 7 nitrogen and oxygen atoms in total. The molecule has 0 aliphatic carbocycles. The van der Waals surface area contributed by atoms with E-state index < -0.39 is 28.1 Å². The summed E-state index contributed by atoms with van der Waals surface area (Å²) in [6.45, 7) is 2.31. The van der Waals surface area contributed by atoms with Crippen molar-refractivity contribution >= 4 is 32.1 Å². The molecule has 0 aliphatic rings. The molecular formula is C19H32BrNO6S. The van der Waals surface area contributed by atoms with Gasteiger partial charge in [-0.25, -0.2) is 4.79 Å². The monoisotopic (exact) mass is 481 g/mol. The second-order valence-electron chi connectivity index (χ2n) is 6.87. The average molecular weight is 482 g/mol. The van der Waals surface area contributed by atoms with Crippen LogP contribution in [0, 0.1) is 0 Å². The highest BCUT2D eigenvalue weighted by Gasteiger charge is 2.20. The number of carbonyl (C=O) groups is 1. The number of ether oxygens (including phenoxy) is 1. The van der Waals surface area contributed by atoms with Crippen LogP contribution in [0.1, 0.15) is 83.0 Å². The van der Waals surface area contributed by atoms with Crippen molar-refractivity contribution in [3.63, 3.8) is 0 Å². The molecule has 0 fully saturated rings. The average Bonchev–Trinajstić information content (AvgIpc) is 3.05. The summed E-state index contributed by atoms with van der Waals surface area (Å²) in [5.74, 6) is 0.169. The second kappa shape index (κ2) is 14.0. The molecule has 2 N–H and O–H groups in total. The maximum absolute atomic E-state index is 12.0. The van der Waals surface area contributed by atoms with Crippen LogP contribution in [0.25, 0.3) is 0 Å². The topological polar surface area (TPSA) is 106 Å². The van der Waals surface area contributed by atoms with Gasteiger partial charge in [-0.05, 0) is 47.3 Å². The first-order chi connectivity index (χ1) is 13.3. The van der Waals surface area contributed by atoms with Gasteiger partial charge in [0.05, 0.1) is 5.75 Å². The molecule has 1 aromatic rings. The van der Waals surface area contributed by atoms with Gasteiger partial charge in [0.15, 0.2) is 10.8 Å². The molecule has 1 heterocycles. The second-order valence-corrected chi connectivity index (χ2v) is 9.22. The highest BCUT2D eigenvalue weighted by Crippen LogP contribution is 2.28. The Morgan fingerprint density at radius 3 is 2.36 bits per heavy atom. The quantitative estimate of drug-likeness (QED) is 0.248. The van der Waals surface area contributed by atoms with E-state index in [1.54, 1.807) is 12.1 Å². The van der Waals surface area contributed by atoms with Crippen molar-refractivity contribution in [3.8, 4) is 0 Å². The standard InChI is InChI=1S/C19H32BrNO6S/c1-2-3-4-5-6-7-8-9-11-16(17-12-13-18(20)26-17)27-19(22)21-14-10-15-28(23,24)25/h12-13,16H,2-11,14-15H2,1H3,(H,21,22)(H,23,24,25). The first-order valence-corrected chi connectivity index (χ1v) is 12.4. The SMILES string of the molecule is CCCCCCCCCCC(OC(=O)NCCCS(=O)(=O)O)c1ccc(Br)o1. The molecule has 0 saturated heterocycles. The van der Waals surface area contributed by atoms with E-state index in [4.69, 9.17) is 13.7 Å². The highest BCUT2D eigenvalue weighted by atomic mass is 79.9. The van der Waals surface area contributed by atoms with Crippen LogP contribution >= 0.6 is 15.9 Å². The van der Waals surface area contributed by atoms with Crippen LogP contribution in [-0.4, -0.2) is 31.4 Å². The van der Waals surface area contributed by atoms with Crippen LogP contribution in [0.5, 0.6) is 0 Å². The third-order valence-electron chi connectivity index (χ3n) is 4.33. The Labute approximate surface area is 176 Å². The Kier molecular flexibility index (Phi) is 12.5. The molecular weight excluding hydrogens is 450 g/mol. The van der Waals surface area contributed by atoms with Gasteiger partial charge in [-0.3, -0.25) is 4.55 Å². The first kappa shape index (κ1) is 25.0. The highest BCUT2D eigenvalue weighted by molar-refractivity contribution is 9.10. The lowest BCUT2D eigenvalue weighted by molar-refractivity contribution is 0.0772. The minimum absolute atomic E-state index is 0.102. The third-order valence-corrected chi connectivity index (χ3v) is 5.56. The normalized spacial score (nSPS) is 12.7. The van der Waals surface area contributed by atoms with E-state index in [-0.39, 0.29) is 13.0 Å². The van der Waals surface area contributed by atoms with E-state index in [0.29, 0.717) is 16.9 Å². The van der Waals surface area contributed by atoms with E-state index in [0.717, 1.165) is 12.8 Å². The molecule has 162 valence electrons. The number of carbonyl (C=O) groups excluding carboxylic acids is 1. The summed E-state index contributed by atoms with van der Waals surface area (Å²) in [5.41, 5.74) is 0. The molecule has 0 bridgehead atoms. The number of hydrogen-bond donors (Lipinski definition) is 2. The van der Waals surface area contributed by atoms with Crippen LogP contribution in [0.4, 0.5) is 4.79 Å². The molecule has 0 aromatic carbocycles. The Hall–Kier alpha value is -1.06. The number of unbranched alkanes of at least 4 members (excludes halogenated alkanes) is 7. The largest absolute Gasteiger partial charge is 0.450 e. The van der Waals surface area contributed by atoms with Gasteiger partial charge in [0.1, 0.15) is 5.76 Å². The Morgan fingerprint density at radius 1 is 1.14 bits per heavy atom. The lowest BCUT2D eigenvalue weighted by atomic mass is 10.0. The molecule has 1 unspecified atom stereocenters. The summed E-state index contributed by atoms with van der Waals surface area (Å²) in [6.07, 6.45) is 9.14. The van der Waals surface area contributed by atoms with E-state index in [2.05, 4.69) is 28.2 Å². The van der Waals surface area contributed by atoms with Crippen molar-refractivity contribution in [3.05, 3.63) is 22.6 Å². The number of nitrogens with one attached hydrogen (secondary N) is 1. The van der Waals surface area contributed by atoms with Crippen molar-refractivity contribution in [2.45, 2.75) is 77.2 Å². The molecule has 0 spiro atoms. The molecule has 1 amide bonds. The van der Waals surface area contributed by atoms with Crippen LogP contribution in [0.2, 0.25) is 0 Å². The predicted octanol–water partition coefficient (Wildman–Crippen LogP) is 5.62. The first-order valence-electron chi connectivity index (χ1n) is 9.96. The number of rotatable bonds is 15. The number of hydrogen-bond acceptors (Lipinski definition) is 5. The number of alkyl carbamates (subject to hydrolysis) is 1. The lowest BCUT2D eigenvalue weighted by Crippen LogP contribution is -2.28. The summed E-state index contributed by atoms with van der Waals surface area (Å²) in [5, 5.41) is 2.50. The maximum atomic E-state index is 12.0. The van der Waals surface area contributed by atoms with Gasteiger partial charge in [0.25, 0.3) is 10.1 Å². The fraction of sp³-hybridized carbons (Fsp3) is 0.737. The van der Waals surface area contributed by atoms with Crippen LogP contribution in [-0.2, 0) is 14.9 Å². The van der Waals surface area contributed by atoms with E-state index in [1.165, 1.54) is 38.5 Å². The molecule has 1 aromatic heterocycles. The molecule has 0 saturated carbocycles. The Balaban J connectivity index is 2.36. The minimum atomic E-state index is -4.02. The zero-order chi connectivity index (χ0) is 20.8. The lowest BCUT2D eigenvalue weighted by Gasteiger charge is -2.16. The molecule has 1 atom stereocenters. The summed E-state index contributed by atoms with van der Waals surface area (Å²) in [4.78, 5) is 12.0. The zero-order valence-electron chi connectivity index (χ0n) is 16.5. The van der Waals surface area contributed by atoms with E-state index in [9.17, 15) is 13.2 Å². The number of amides is 1. The Morgan fingerprint density at radius 2 is 1.79 bits per heavy atom. The molecule has 28 heavy (non-hydrogen) atoms. The number of furan rings is 1. The van der Waals surface area contributed by atoms with Gasteiger partial charge in [0, 0.05) is 6.54 Å². The van der Waals surface area contributed by atoms with Crippen molar-refractivity contribution < 1.29 is 26.9 Å². The third kappa shape index (κ3) is 12.4. The molecule has 9 heteroatoms. The van der Waals surface area contributed by atoms with E-state index in [1.807, 2.05) is 0 Å². The minimum Gasteiger partial charge on any atom is -0.450 e. The molecule has 0 radical (unpaired) electrons.